The number of alkyl halides is 3. The van der Waals surface area contributed by atoms with Crippen LogP contribution in [-0.4, -0.2) is 21.1 Å². The third-order valence-electron chi connectivity index (χ3n) is 6.04. The predicted molar refractivity (Wildman–Crippen MR) is 118 cm³/mol. The molecular weight excluding hydrogens is 471 g/mol. The van der Waals surface area contributed by atoms with Crippen LogP contribution in [0.15, 0.2) is 65.6 Å². The Bertz CT molecular complexity index is 1350. The number of fused-ring (bicyclic) bond motifs is 1. The molecule has 1 heterocycles. The van der Waals surface area contributed by atoms with Gasteiger partial charge < -0.3 is 14.8 Å². The minimum atomic E-state index is -4.64. The summed E-state index contributed by atoms with van der Waals surface area (Å²) in [4.78, 5) is 13.2. The number of amides is 1. The largest absolute Gasteiger partial charge is 0.454 e. The van der Waals surface area contributed by atoms with Gasteiger partial charge in [-0.3, -0.25) is 4.79 Å². The smallest absolute Gasteiger partial charge is 0.416 e. The molecule has 1 aliphatic carbocycles. The Balaban J connectivity index is 1.47. The molecule has 1 aliphatic heterocycles. The summed E-state index contributed by atoms with van der Waals surface area (Å²) in [6.07, 6.45) is -3.53. The molecule has 34 heavy (non-hydrogen) atoms. The van der Waals surface area contributed by atoms with E-state index in [2.05, 4.69) is 5.32 Å². The Morgan fingerprint density at radius 2 is 1.59 bits per heavy atom. The second-order valence-electron chi connectivity index (χ2n) is 8.21. The fraction of sp³-hybridized carbons (Fsp3) is 0.208. The van der Waals surface area contributed by atoms with Gasteiger partial charge in [0.15, 0.2) is 22.2 Å². The van der Waals surface area contributed by atoms with Gasteiger partial charge in [0.2, 0.25) is 12.7 Å². The van der Waals surface area contributed by atoms with E-state index in [1.807, 2.05) is 0 Å². The van der Waals surface area contributed by atoms with E-state index in [-0.39, 0.29) is 22.9 Å². The lowest BCUT2D eigenvalue weighted by Gasteiger charge is -2.18. The van der Waals surface area contributed by atoms with Crippen LogP contribution in [0.3, 0.4) is 0 Å². The first-order valence-electron chi connectivity index (χ1n) is 10.3. The van der Waals surface area contributed by atoms with Gasteiger partial charge in [-0.25, -0.2) is 8.42 Å². The molecule has 6 nitrogen and oxygen atoms in total. The molecule has 10 heteroatoms. The van der Waals surface area contributed by atoms with E-state index < -0.39 is 33.8 Å². The van der Waals surface area contributed by atoms with Crippen LogP contribution in [0.4, 0.5) is 18.9 Å². The van der Waals surface area contributed by atoms with Crippen molar-refractivity contribution in [3.05, 3.63) is 71.8 Å². The summed E-state index contributed by atoms with van der Waals surface area (Å²) in [6.45, 7) is 0.0945. The van der Waals surface area contributed by atoms with E-state index in [0.29, 0.717) is 35.5 Å². The molecule has 0 spiro atoms. The molecule has 0 unspecified atom stereocenters. The Morgan fingerprint density at radius 1 is 0.882 bits per heavy atom. The Morgan fingerprint density at radius 3 is 2.24 bits per heavy atom. The fourth-order valence-electron chi connectivity index (χ4n) is 4.02. The van der Waals surface area contributed by atoms with E-state index in [4.69, 9.17) is 9.47 Å². The highest BCUT2D eigenvalue weighted by atomic mass is 32.2. The standard InChI is InChI=1S/C24H18F3NO5S/c25-24(26,27)17-9-15(14-1-4-19(5-2-14)34(30)31)10-18(11-17)28-22(29)23(7-8-23)16-3-6-20-21(12-16)33-13-32-20/h1-6,9-12,34H,7-8,13H2,(H,28,29). The monoisotopic (exact) mass is 489 g/mol. The van der Waals surface area contributed by atoms with Crippen LogP contribution in [0.2, 0.25) is 0 Å². The average Bonchev–Trinajstić information content (AvgIpc) is 3.49. The molecule has 0 radical (unpaired) electrons. The number of thiol groups is 1. The summed E-state index contributed by atoms with van der Waals surface area (Å²) in [7, 11) is -2.80. The maximum atomic E-state index is 13.6. The predicted octanol–water partition coefficient (Wildman–Crippen LogP) is 4.74. The summed E-state index contributed by atoms with van der Waals surface area (Å²) in [5, 5.41) is 2.66. The maximum Gasteiger partial charge on any atom is 0.416 e. The molecule has 0 saturated heterocycles. The topological polar surface area (TPSA) is 81.7 Å². The summed E-state index contributed by atoms with van der Waals surface area (Å²) < 4.78 is 73.7. The number of hydrogen-bond donors (Lipinski definition) is 2. The van der Waals surface area contributed by atoms with E-state index in [1.54, 1.807) is 18.2 Å². The van der Waals surface area contributed by atoms with Crippen molar-refractivity contribution in [3.63, 3.8) is 0 Å². The quantitative estimate of drug-likeness (QED) is 0.506. The first kappa shape index (κ1) is 22.3. The van der Waals surface area contributed by atoms with Gasteiger partial charge in [-0.05, 0) is 72.0 Å². The average molecular weight is 489 g/mol. The van der Waals surface area contributed by atoms with E-state index in [1.165, 1.54) is 30.3 Å². The highest BCUT2D eigenvalue weighted by Crippen LogP contribution is 2.51. The van der Waals surface area contributed by atoms with Crippen LogP contribution in [0, 0.1) is 0 Å². The molecule has 1 N–H and O–H groups in total. The van der Waals surface area contributed by atoms with Crippen LogP contribution in [0.25, 0.3) is 11.1 Å². The molecule has 1 fully saturated rings. The van der Waals surface area contributed by atoms with Crippen LogP contribution in [0.5, 0.6) is 11.5 Å². The van der Waals surface area contributed by atoms with Gasteiger partial charge in [0.25, 0.3) is 0 Å². The highest BCUT2D eigenvalue weighted by molar-refractivity contribution is 7.72. The number of nitrogens with one attached hydrogen (secondary N) is 1. The molecule has 5 rings (SSSR count). The lowest BCUT2D eigenvalue weighted by atomic mass is 9.94. The molecule has 1 saturated carbocycles. The van der Waals surface area contributed by atoms with Crippen LogP contribution in [0.1, 0.15) is 24.0 Å². The SMILES string of the molecule is O=C(Nc1cc(-c2ccc([SH](=O)=O)cc2)cc(C(F)(F)F)c1)C1(c2ccc3c(c2)OCO3)CC1. The second-order valence-corrected chi connectivity index (χ2v) is 9.24. The zero-order valence-electron chi connectivity index (χ0n) is 17.5. The van der Waals surface area contributed by atoms with Crippen LogP contribution < -0.4 is 14.8 Å². The molecule has 0 bridgehead atoms. The van der Waals surface area contributed by atoms with Crippen molar-refractivity contribution in [1.82, 2.24) is 0 Å². The van der Waals surface area contributed by atoms with E-state index in [0.717, 1.165) is 12.1 Å². The molecule has 176 valence electrons. The minimum Gasteiger partial charge on any atom is -0.454 e. The number of halogens is 3. The Kier molecular flexibility index (Phi) is 5.27. The van der Waals surface area contributed by atoms with Gasteiger partial charge in [-0.15, -0.1) is 0 Å². The van der Waals surface area contributed by atoms with Crippen molar-refractivity contribution in [1.29, 1.82) is 0 Å². The van der Waals surface area contributed by atoms with Crippen molar-refractivity contribution in [2.24, 2.45) is 0 Å². The summed E-state index contributed by atoms with van der Waals surface area (Å²) in [5.74, 6) is 0.701. The van der Waals surface area contributed by atoms with Gasteiger partial charge in [0, 0.05) is 5.69 Å². The summed E-state index contributed by atoms with van der Waals surface area (Å²) in [6, 6.07) is 14.0. The van der Waals surface area contributed by atoms with Gasteiger partial charge in [0.05, 0.1) is 15.9 Å². The van der Waals surface area contributed by atoms with E-state index >= 15 is 0 Å². The summed E-state index contributed by atoms with van der Waals surface area (Å²) in [5.41, 5.74) is -0.474. The number of hydrogen-bond acceptors (Lipinski definition) is 5. The van der Waals surface area contributed by atoms with Gasteiger partial charge in [-0.2, -0.15) is 13.2 Å². The molecule has 0 aromatic heterocycles. The van der Waals surface area contributed by atoms with Gasteiger partial charge >= 0.3 is 6.18 Å². The molecule has 1 amide bonds. The minimum absolute atomic E-state index is 0.000760. The number of benzene rings is 3. The number of carbonyl (C=O) groups is 1. The van der Waals surface area contributed by atoms with E-state index in [9.17, 15) is 26.4 Å². The van der Waals surface area contributed by atoms with Crippen molar-refractivity contribution >= 4 is 22.3 Å². The highest BCUT2D eigenvalue weighted by Gasteiger charge is 2.51. The molecule has 3 aromatic rings. The third kappa shape index (κ3) is 4.09. The fourth-order valence-corrected chi connectivity index (χ4v) is 4.41. The molecule has 2 aliphatic rings. The van der Waals surface area contributed by atoms with Crippen molar-refractivity contribution in [3.8, 4) is 22.6 Å². The van der Waals surface area contributed by atoms with Crippen molar-refractivity contribution in [2.75, 3.05) is 12.1 Å². The third-order valence-corrected chi connectivity index (χ3v) is 6.76. The lowest BCUT2D eigenvalue weighted by Crippen LogP contribution is -2.28. The Labute approximate surface area is 194 Å². The number of ether oxygens (including phenoxy) is 2. The summed E-state index contributed by atoms with van der Waals surface area (Å²) >= 11 is 0. The number of anilines is 1. The maximum absolute atomic E-state index is 13.6. The van der Waals surface area contributed by atoms with Crippen molar-refractivity contribution in [2.45, 2.75) is 29.3 Å². The van der Waals surface area contributed by atoms with Gasteiger partial charge in [-0.1, -0.05) is 18.2 Å². The molecule has 0 atom stereocenters. The zero-order valence-corrected chi connectivity index (χ0v) is 18.4. The first-order chi connectivity index (χ1) is 16.2. The number of carbonyl (C=O) groups excluding carboxylic acids is 1. The van der Waals surface area contributed by atoms with Crippen LogP contribution in [-0.2, 0) is 27.1 Å². The van der Waals surface area contributed by atoms with Crippen LogP contribution >= 0.6 is 0 Å². The zero-order chi connectivity index (χ0) is 24.1. The number of rotatable bonds is 5. The normalized spacial score (nSPS) is 15.9. The van der Waals surface area contributed by atoms with Gasteiger partial charge in [0.1, 0.15) is 0 Å². The molecular formula is C24H18F3NO5S. The Hall–Kier alpha value is -3.53. The molecule has 3 aromatic carbocycles. The van der Waals surface area contributed by atoms with Crippen molar-refractivity contribution < 1.29 is 35.9 Å². The first-order valence-corrected chi connectivity index (χ1v) is 11.5. The second kappa shape index (κ2) is 8.05. The lowest BCUT2D eigenvalue weighted by molar-refractivity contribution is -0.137.